The van der Waals surface area contributed by atoms with Crippen LogP contribution in [-0.2, 0) is 9.53 Å². The van der Waals surface area contributed by atoms with Crippen LogP contribution in [0.4, 0.5) is 0 Å². The molecule has 0 radical (unpaired) electrons. The first-order chi connectivity index (χ1) is 9.06. The fraction of sp³-hybridized carbons (Fsp3) is 0.308. The van der Waals surface area contributed by atoms with Gasteiger partial charge in [0, 0.05) is 6.54 Å². The number of ether oxygens (including phenoxy) is 1. The molecule has 1 atom stereocenters. The van der Waals surface area contributed by atoms with Crippen molar-refractivity contribution in [2.45, 2.75) is 12.5 Å². The maximum Gasteiger partial charge on any atom is 0.322 e. The summed E-state index contributed by atoms with van der Waals surface area (Å²) in [6.07, 6.45) is 0.179. The Kier molecular flexibility index (Phi) is 3.62. The maximum atomic E-state index is 12.0. The molecule has 2 amide bonds. The van der Waals surface area contributed by atoms with E-state index in [9.17, 15) is 14.4 Å². The number of amides is 2. The number of nitrogens with zero attached hydrogens (tertiary/aromatic N) is 1. The van der Waals surface area contributed by atoms with Gasteiger partial charge < -0.3 is 10.5 Å². The molecule has 6 nitrogen and oxygen atoms in total. The monoisotopic (exact) mass is 262 g/mol. The molecule has 0 saturated heterocycles. The van der Waals surface area contributed by atoms with Gasteiger partial charge in [-0.3, -0.25) is 19.3 Å². The molecule has 1 heterocycles. The lowest BCUT2D eigenvalue weighted by Gasteiger charge is -2.15. The third-order valence-electron chi connectivity index (χ3n) is 3.05. The van der Waals surface area contributed by atoms with Crippen molar-refractivity contribution in [3.63, 3.8) is 0 Å². The number of nitrogens with two attached hydrogens (primary N) is 1. The summed E-state index contributed by atoms with van der Waals surface area (Å²) in [6.45, 7) is 0.0998. The number of imide groups is 1. The van der Waals surface area contributed by atoms with Gasteiger partial charge in [-0.1, -0.05) is 12.1 Å². The SMILES string of the molecule is COC(=O)C(N)CCN1C(=O)c2ccccc2C1=O. The summed E-state index contributed by atoms with van der Waals surface area (Å²) in [5.41, 5.74) is 6.35. The lowest BCUT2D eigenvalue weighted by atomic mass is 10.1. The predicted octanol–water partition coefficient (Wildman–Crippen LogP) is 0.173. The highest BCUT2D eigenvalue weighted by molar-refractivity contribution is 6.21. The minimum absolute atomic E-state index is 0.0998. The Balaban J connectivity index is 2.07. The molecule has 1 aliphatic heterocycles. The molecule has 100 valence electrons. The van der Waals surface area contributed by atoms with E-state index in [2.05, 4.69) is 4.74 Å². The molecule has 1 aromatic rings. The lowest BCUT2D eigenvalue weighted by Crippen LogP contribution is -2.38. The Morgan fingerprint density at radius 3 is 2.26 bits per heavy atom. The zero-order valence-corrected chi connectivity index (χ0v) is 10.5. The largest absolute Gasteiger partial charge is 0.468 e. The molecule has 1 aromatic carbocycles. The van der Waals surface area contributed by atoms with E-state index in [-0.39, 0.29) is 24.8 Å². The van der Waals surface area contributed by atoms with E-state index in [1.807, 2.05) is 0 Å². The van der Waals surface area contributed by atoms with Gasteiger partial charge in [-0.05, 0) is 18.6 Å². The van der Waals surface area contributed by atoms with E-state index in [0.29, 0.717) is 11.1 Å². The summed E-state index contributed by atoms with van der Waals surface area (Å²) < 4.78 is 4.49. The molecule has 0 saturated carbocycles. The number of esters is 1. The van der Waals surface area contributed by atoms with Crippen LogP contribution in [0.2, 0.25) is 0 Å². The summed E-state index contributed by atoms with van der Waals surface area (Å²) in [4.78, 5) is 36.3. The van der Waals surface area contributed by atoms with Crippen LogP contribution >= 0.6 is 0 Å². The first kappa shape index (κ1) is 13.2. The van der Waals surface area contributed by atoms with Gasteiger partial charge in [-0.2, -0.15) is 0 Å². The van der Waals surface area contributed by atoms with Gasteiger partial charge in [0.1, 0.15) is 6.04 Å². The lowest BCUT2D eigenvalue weighted by molar-refractivity contribution is -0.142. The number of carbonyl (C=O) groups excluding carboxylic acids is 3. The van der Waals surface area contributed by atoms with Crippen molar-refractivity contribution in [2.75, 3.05) is 13.7 Å². The molecule has 0 fully saturated rings. The zero-order chi connectivity index (χ0) is 14.0. The van der Waals surface area contributed by atoms with Crippen molar-refractivity contribution in [3.05, 3.63) is 35.4 Å². The highest BCUT2D eigenvalue weighted by Gasteiger charge is 2.35. The van der Waals surface area contributed by atoms with E-state index in [1.165, 1.54) is 7.11 Å². The average Bonchev–Trinajstić information content (AvgIpc) is 2.68. The molecular formula is C13H14N2O4. The number of methoxy groups -OCH3 is 1. The van der Waals surface area contributed by atoms with Crippen LogP contribution in [0.3, 0.4) is 0 Å². The van der Waals surface area contributed by atoms with Crippen LogP contribution in [0, 0.1) is 0 Å². The van der Waals surface area contributed by atoms with Crippen molar-refractivity contribution >= 4 is 17.8 Å². The first-order valence-electron chi connectivity index (χ1n) is 5.85. The van der Waals surface area contributed by atoms with Gasteiger partial charge in [0.15, 0.2) is 0 Å². The quantitative estimate of drug-likeness (QED) is 0.617. The summed E-state index contributed by atoms with van der Waals surface area (Å²) in [7, 11) is 1.24. The minimum Gasteiger partial charge on any atom is -0.468 e. The predicted molar refractivity (Wildman–Crippen MR) is 66.4 cm³/mol. The average molecular weight is 262 g/mol. The van der Waals surface area contributed by atoms with Gasteiger partial charge in [0.2, 0.25) is 0 Å². The molecule has 0 bridgehead atoms. The highest BCUT2D eigenvalue weighted by Crippen LogP contribution is 2.22. The number of hydrogen-bond donors (Lipinski definition) is 1. The van der Waals surface area contributed by atoms with E-state index >= 15 is 0 Å². The van der Waals surface area contributed by atoms with Crippen molar-refractivity contribution < 1.29 is 19.1 Å². The van der Waals surface area contributed by atoms with Crippen LogP contribution in [0.15, 0.2) is 24.3 Å². The van der Waals surface area contributed by atoms with Crippen LogP contribution in [0.1, 0.15) is 27.1 Å². The second kappa shape index (κ2) is 5.19. The topological polar surface area (TPSA) is 89.7 Å². The normalized spacial score (nSPS) is 15.4. The second-order valence-electron chi connectivity index (χ2n) is 4.23. The second-order valence-corrected chi connectivity index (χ2v) is 4.23. The highest BCUT2D eigenvalue weighted by atomic mass is 16.5. The molecule has 2 rings (SSSR count). The van der Waals surface area contributed by atoms with Crippen LogP contribution in [-0.4, -0.2) is 42.4 Å². The molecule has 6 heteroatoms. The number of fused-ring (bicyclic) bond motifs is 1. The molecule has 0 aliphatic carbocycles. The zero-order valence-electron chi connectivity index (χ0n) is 10.5. The van der Waals surface area contributed by atoms with Gasteiger partial charge in [-0.15, -0.1) is 0 Å². The van der Waals surface area contributed by atoms with Gasteiger partial charge >= 0.3 is 5.97 Å². The van der Waals surface area contributed by atoms with Gasteiger partial charge in [-0.25, -0.2) is 0 Å². The standard InChI is InChI=1S/C13H14N2O4/c1-19-13(18)10(14)6-7-15-11(16)8-4-2-3-5-9(8)12(15)17/h2-5,10H,6-7,14H2,1H3. The summed E-state index contributed by atoms with van der Waals surface area (Å²) in [5, 5.41) is 0. The van der Waals surface area contributed by atoms with Crippen molar-refractivity contribution in [2.24, 2.45) is 5.73 Å². The first-order valence-corrected chi connectivity index (χ1v) is 5.85. The number of rotatable bonds is 4. The summed E-state index contributed by atoms with van der Waals surface area (Å²) in [5.74, 6) is -1.26. The summed E-state index contributed by atoms with van der Waals surface area (Å²) >= 11 is 0. The molecular weight excluding hydrogens is 248 g/mol. The fourth-order valence-corrected chi connectivity index (χ4v) is 1.98. The fourth-order valence-electron chi connectivity index (χ4n) is 1.98. The molecule has 19 heavy (non-hydrogen) atoms. The third-order valence-corrected chi connectivity index (χ3v) is 3.05. The third kappa shape index (κ3) is 2.34. The van der Waals surface area contributed by atoms with E-state index in [0.717, 1.165) is 4.90 Å². The smallest absolute Gasteiger partial charge is 0.322 e. The Morgan fingerprint density at radius 1 is 1.26 bits per heavy atom. The molecule has 1 aliphatic rings. The van der Waals surface area contributed by atoms with Crippen LogP contribution in [0.25, 0.3) is 0 Å². The number of benzene rings is 1. The minimum atomic E-state index is -0.839. The molecule has 1 unspecified atom stereocenters. The molecule has 0 spiro atoms. The van der Waals surface area contributed by atoms with Gasteiger partial charge in [0.05, 0.1) is 18.2 Å². The summed E-state index contributed by atoms with van der Waals surface area (Å²) in [6, 6.07) is 5.78. The Labute approximate surface area is 110 Å². The van der Waals surface area contributed by atoms with E-state index < -0.39 is 12.0 Å². The molecule has 0 aromatic heterocycles. The van der Waals surface area contributed by atoms with E-state index in [4.69, 9.17) is 5.73 Å². The van der Waals surface area contributed by atoms with Crippen molar-refractivity contribution in [1.29, 1.82) is 0 Å². The Hall–Kier alpha value is -2.21. The van der Waals surface area contributed by atoms with Gasteiger partial charge in [0.25, 0.3) is 11.8 Å². The van der Waals surface area contributed by atoms with Crippen molar-refractivity contribution in [1.82, 2.24) is 4.90 Å². The number of carbonyl (C=O) groups is 3. The van der Waals surface area contributed by atoms with Crippen LogP contribution in [0.5, 0.6) is 0 Å². The maximum absolute atomic E-state index is 12.0. The number of hydrogen-bond acceptors (Lipinski definition) is 5. The van der Waals surface area contributed by atoms with Crippen LogP contribution < -0.4 is 5.73 Å². The van der Waals surface area contributed by atoms with E-state index in [1.54, 1.807) is 24.3 Å². The van der Waals surface area contributed by atoms with Crippen molar-refractivity contribution in [3.8, 4) is 0 Å². The Morgan fingerprint density at radius 2 is 1.79 bits per heavy atom. The molecule has 2 N–H and O–H groups in total. The Bertz CT molecular complexity index is 506.